The van der Waals surface area contributed by atoms with Crippen LogP contribution < -0.4 is 5.32 Å². The quantitative estimate of drug-likeness (QED) is 0.771. The Hall–Kier alpha value is -0.420. The van der Waals surface area contributed by atoms with Crippen molar-refractivity contribution in [3.63, 3.8) is 0 Å². The standard InChI is InChI=1S/C14H14BrClFNS/c1-2-18-13(8-10-4-6-14(16)19-10)11-5-3-9(17)7-12(11)15/h3-7,13,18H,2,8H2,1H3. The average molecular weight is 363 g/mol. The van der Waals surface area contributed by atoms with Gasteiger partial charge in [-0.05, 0) is 36.4 Å². The highest BCUT2D eigenvalue weighted by Gasteiger charge is 2.15. The summed E-state index contributed by atoms with van der Waals surface area (Å²) in [5, 5.41) is 3.43. The topological polar surface area (TPSA) is 12.0 Å². The number of benzene rings is 1. The molecule has 102 valence electrons. The van der Waals surface area contributed by atoms with Crippen LogP contribution in [0.1, 0.15) is 23.4 Å². The minimum atomic E-state index is -0.231. The fourth-order valence-electron chi connectivity index (χ4n) is 1.99. The van der Waals surface area contributed by atoms with Gasteiger partial charge in [-0.2, -0.15) is 0 Å². The Balaban J connectivity index is 2.23. The number of rotatable bonds is 5. The summed E-state index contributed by atoms with van der Waals surface area (Å²) >= 11 is 11.0. The van der Waals surface area contributed by atoms with Gasteiger partial charge < -0.3 is 5.32 Å². The lowest BCUT2D eigenvalue weighted by atomic mass is 10.0. The first-order chi connectivity index (χ1) is 9.10. The van der Waals surface area contributed by atoms with Crippen molar-refractivity contribution in [3.8, 4) is 0 Å². The smallest absolute Gasteiger partial charge is 0.124 e. The van der Waals surface area contributed by atoms with Crippen LogP contribution in [0, 0.1) is 5.82 Å². The summed E-state index contributed by atoms with van der Waals surface area (Å²) in [6, 6.07) is 8.91. The van der Waals surface area contributed by atoms with Gasteiger partial charge in [0.25, 0.3) is 0 Å². The molecule has 0 aliphatic heterocycles. The van der Waals surface area contributed by atoms with Crippen molar-refractivity contribution in [1.29, 1.82) is 0 Å². The van der Waals surface area contributed by atoms with Gasteiger partial charge in [-0.15, -0.1) is 11.3 Å². The molecule has 2 aromatic rings. The summed E-state index contributed by atoms with van der Waals surface area (Å²) in [6.07, 6.45) is 0.843. The molecule has 19 heavy (non-hydrogen) atoms. The molecule has 2 rings (SSSR count). The highest BCUT2D eigenvalue weighted by Crippen LogP contribution is 2.30. The van der Waals surface area contributed by atoms with E-state index in [4.69, 9.17) is 11.6 Å². The summed E-state index contributed by atoms with van der Waals surface area (Å²) in [5.74, 6) is -0.231. The monoisotopic (exact) mass is 361 g/mol. The molecular formula is C14H14BrClFNS. The second-order valence-electron chi connectivity index (χ2n) is 4.19. The fourth-order valence-corrected chi connectivity index (χ4v) is 3.75. The molecule has 0 saturated carbocycles. The second kappa shape index (κ2) is 6.84. The van der Waals surface area contributed by atoms with E-state index in [-0.39, 0.29) is 11.9 Å². The molecule has 1 atom stereocenters. The maximum atomic E-state index is 13.2. The third kappa shape index (κ3) is 4.02. The van der Waals surface area contributed by atoms with E-state index < -0.39 is 0 Å². The second-order valence-corrected chi connectivity index (χ2v) is 6.84. The van der Waals surface area contributed by atoms with Crippen molar-refractivity contribution in [2.75, 3.05) is 6.54 Å². The number of halogens is 3. The van der Waals surface area contributed by atoms with Crippen molar-refractivity contribution in [3.05, 3.63) is 55.4 Å². The Morgan fingerprint density at radius 2 is 2.16 bits per heavy atom. The van der Waals surface area contributed by atoms with E-state index >= 15 is 0 Å². The predicted molar refractivity (Wildman–Crippen MR) is 83.6 cm³/mol. The molecule has 0 saturated heterocycles. The normalized spacial score (nSPS) is 12.6. The van der Waals surface area contributed by atoms with Gasteiger partial charge in [-0.1, -0.05) is 40.5 Å². The SMILES string of the molecule is CCNC(Cc1ccc(Cl)s1)c1ccc(F)cc1Br. The van der Waals surface area contributed by atoms with Crippen LogP contribution in [-0.4, -0.2) is 6.54 Å². The Morgan fingerprint density at radius 1 is 1.37 bits per heavy atom. The summed E-state index contributed by atoms with van der Waals surface area (Å²) in [7, 11) is 0. The highest BCUT2D eigenvalue weighted by molar-refractivity contribution is 9.10. The molecule has 0 fully saturated rings. The van der Waals surface area contributed by atoms with E-state index in [9.17, 15) is 4.39 Å². The zero-order valence-electron chi connectivity index (χ0n) is 10.4. The molecule has 1 N–H and O–H groups in total. The number of likely N-dealkylation sites (N-methyl/N-ethyl adjacent to an activating group) is 1. The van der Waals surface area contributed by atoms with Gasteiger partial charge in [0.15, 0.2) is 0 Å². The Morgan fingerprint density at radius 3 is 2.74 bits per heavy atom. The molecule has 1 aromatic carbocycles. The molecule has 0 amide bonds. The van der Waals surface area contributed by atoms with Crippen molar-refractivity contribution in [1.82, 2.24) is 5.32 Å². The first-order valence-corrected chi connectivity index (χ1v) is 8.01. The van der Waals surface area contributed by atoms with Crippen LogP contribution in [0.5, 0.6) is 0 Å². The largest absolute Gasteiger partial charge is 0.310 e. The lowest BCUT2D eigenvalue weighted by Gasteiger charge is -2.19. The maximum absolute atomic E-state index is 13.2. The van der Waals surface area contributed by atoms with Crippen LogP contribution in [0.15, 0.2) is 34.8 Å². The van der Waals surface area contributed by atoms with Crippen LogP contribution in [0.3, 0.4) is 0 Å². The maximum Gasteiger partial charge on any atom is 0.124 e. The van der Waals surface area contributed by atoms with Crippen molar-refractivity contribution in [2.24, 2.45) is 0 Å². The minimum Gasteiger partial charge on any atom is -0.310 e. The van der Waals surface area contributed by atoms with E-state index in [0.29, 0.717) is 0 Å². The molecule has 1 nitrogen and oxygen atoms in total. The number of thiophene rings is 1. The predicted octanol–water partition coefficient (Wildman–Crippen LogP) is 5.20. The van der Waals surface area contributed by atoms with Crippen LogP contribution in [-0.2, 0) is 6.42 Å². The van der Waals surface area contributed by atoms with Crippen LogP contribution in [0.2, 0.25) is 4.34 Å². The molecule has 1 heterocycles. The summed E-state index contributed by atoms with van der Waals surface area (Å²) in [5.41, 5.74) is 1.06. The molecule has 0 bridgehead atoms. The zero-order chi connectivity index (χ0) is 13.8. The van der Waals surface area contributed by atoms with E-state index in [0.717, 1.165) is 27.3 Å². The molecule has 0 spiro atoms. The summed E-state index contributed by atoms with van der Waals surface area (Å²) < 4.78 is 14.7. The van der Waals surface area contributed by atoms with E-state index in [1.54, 1.807) is 11.3 Å². The third-order valence-corrected chi connectivity index (χ3v) is 4.76. The first kappa shape index (κ1) is 15.0. The average Bonchev–Trinajstić information content (AvgIpc) is 2.74. The molecule has 0 aliphatic rings. The summed E-state index contributed by atoms with van der Waals surface area (Å²) in [6.45, 7) is 2.92. The van der Waals surface area contributed by atoms with Crippen LogP contribution in [0.4, 0.5) is 4.39 Å². The molecule has 1 aromatic heterocycles. The molecule has 1 unspecified atom stereocenters. The first-order valence-electron chi connectivity index (χ1n) is 6.02. The van der Waals surface area contributed by atoms with Gasteiger partial charge in [0.1, 0.15) is 5.82 Å². The van der Waals surface area contributed by atoms with Crippen molar-refractivity contribution >= 4 is 38.9 Å². The van der Waals surface area contributed by atoms with Gasteiger partial charge in [0.05, 0.1) is 4.34 Å². The van der Waals surface area contributed by atoms with E-state index in [1.807, 2.05) is 18.2 Å². The zero-order valence-corrected chi connectivity index (χ0v) is 13.6. The Labute approximate surface area is 129 Å². The van der Waals surface area contributed by atoms with Gasteiger partial charge in [0, 0.05) is 21.8 Å². The molecule has 5 heteroatoms. The highest BCUT2D eigenvalue weighted by atomic mass is 79.9. The number of hydrogen-bond acceptors (Lipinski definition) is 2. The number of nitrogens with one attached hydrogen (secondary N) is 1. The Kier molecular flexibility index (Phi) is 5.39. The lowest BCUT2D eigenvalue weighted by molar-refractivity contribution is 0.548. The van der Waals surface area contributed by atoms with Gasteiger partial charge in [-0.3, -0.25) is 0 Å². The van der Waals surface area contributed by atoms with Crippen molar-refractivity contribution in [2.45, 2.75) is 19.4 Å². The fraction of sp³-hybridized carbons (Fsp3) is 0.286. The Bertz CT molecular complexity index is 558. The third-order valence-electron chi connectivity index (χ3n) is 2.82. The van der Waals surface area contributed by atoms with Crippen LogP contribution in [0.25, 0.3) is 0 Å². The van der Waals surface area contributed by atoms with Crippen molar-refractivity contribution < 1.29 is 4.39 Å². The van der Waals surface area contributed by atoms with E-state index in [1.165, 1.54) is 17.0 Å². The summed E-state index contributed by atoms with van der Waals surface area (Å²) in [4.78, 5) is 1.21. The van der Waals surface area contributed by atoms with Crippen LogP contribution >= 0.6 is 38.9 Å². The van der Waals surface area contributed by atoms with Gasteiger partial charge >= 0.3 is 0 Å². The minimum absolute atomic E-state index is 0.148. The van der Waals surface area contributed by atoms with Gasteiger partial charge in [-0.25, -0.2) is 4.39 Å². The van der Waals surface area contributed by atoms with Gasteiger partial charge in [0.2, 0.25) is 0 Å². The molecule has 0 aliphatic carbocycles. The molecular weight excluding hydrogens is 349 g/mol. The van der Waals surface area contributed by atoms with E-state index in [2.05, 4.69) is 28.2 Å². The molecule has 0 radical (unpaired) electrons. The number of hydrogen-bond donors (Lipinski definition) is 1. The lowest BCUT2D eigenvalue weighted by Crippen LogP contribution is -2.23.